The molecule has 0 radical (unpaired) electrons. The van der Waals surface area contributed by atoms with Gasteiger partial charge in [-0.2, -0.15) is 0 Å². The Morgan fingerprint density at radius 2 is 1.90 bits per heavy atom. The molecule has 2 unspecified atom stereocenters. The van der Waals surface area contributed by atoms with E-state index in [1.807, 2.05) is 0 Å². The standard InChI is InChI=1S/C20H19FN2O5S/c1-27-19(25)15(22)9-12-4-7-16(14(21)8-12)28-13-5-2-11(3-6-13)10-17-18(24)23-20(26)29-17/h2-8,15,17H,9-10,22H2,1H3,(H,23,24,26). The Morgan fingerprint density at radius 1 is 1.21 bits per heavy atom. The molecule has 0 spiro atoms. The maximum absolute atomic E-state index is 14.3. The minimum Gasteiger partial charge on any atom is -0.468 e. The molecule has 0 aliphatic carbocycles. The quantitative estimate of drug-likeness (QED) is 0.666. The number of nitrogens with two attached hydrogens (primary N) is 1. The predicted octanol–water partition coefficient (Wildman–Crippen LogP) is 2.55. The number of esters is 1. The van der Waals surface area contributed by atoms with Crippen molar-refractivity contribution in [2.24, 2.45) is 5.73 Å². The highest BCUT2D eigenvalue weighted by Gasteiger charge is 2.31. The molecule has 3 rings (SSSR count). The first-order valence-electron chi connectivity index (χ1n) is 8.76. The summed E-state index contributed by atoms with van der Waals surface area (Å²) < 4.78 is 24.5. The highest BCUT2D eigenvalue weighted by Crippen LogP contribution is 2.27. The van der Waals surface area contributed by atoms with Gasteiger partial charge in [-0.15, -0.1) is 0 Å². The number of carbonyl (C=O) groups excluding carboxylic acids is 3. The number of hydrogen-bond donors (Lipinski definition) is 2. The molecule has 2 aromatic carbocycles. The van der Waals surface area contributed by atoms with Crippen LogP contribution in [0.1, 0.15) is 11.1 Å². The lowest BCUT2D eigenvalue weighted by Crippen LogP contribution is -2.33. The summed E-state index contributed by atoms with van der Waals surface area (Å²) in [7, 11) is 1.24. The fraction of sp³-hybridized carbons (Fsp3) is 0.250. The lowest BCUT2D eigenvalue weighted by atomic mass is 10.1. The average Bonchev–Trinajstić information content (AvgIpc) is 3.01. The molecule has 1 fully saturated rings. The topological polar surface area (TPSA) is 108 Å². The zero-order valence-electron chi connectivity index (χ0n) is 15.5. The highest BCUT2D eigenvalue weighted by molar-refractivity contribution is 8.15. The Morgan fingerprint density at radius 3 is 2.48 bits per heavy atom. The van der Waals surface area contributed by atoms with Crippen molar-refractivity contribution in [3.05, 3.63) is 59.4 Å². The number of thioether (sulfide) groups is 1. The highest BCUT2D eigenvalue weighted by atomic mass is 32.2. The number of benzene rings is 2. The Balaban J connectivity index is 1.62. The summed E-state index contributed by atoms with van der Waals surface area (Å²) in [4.78, 5) is 34.2. The van der Waals surface area contributed by atoms with Gasteiger partial charge in [0.2, 0.25) is 5.91 Å². The largest absolute Gasteiger partial charge is 0.468 e. The van der Waals surface area contributed by atoms with E-state index in [0.717, 1.165) is 17.3 Å². The Labute approximate surface area is 170 Å². The van der Waals surface area contributed by atoms with Crippen molar-refractivity contribution in [1.82, 2.24) is 5.32 Å². The van der Waals surface area contributed by atoms with E-state index < -0.39 is 23.1 Å². The lowest BCUT2D eigenvalue weighted by Gasteiger charge is -2.12. The van der Waals surface area contributed by atoms with Crippen molar-refractivity contribution in [3.8, 4) is 11.5 Å². The van der Waals surface area contributed by atoms with Gasteiger partial charge in [0.15, 0.2) is 11.6 Å². The first-order chi connectivity index (χ1) is 13.9. The van der Waals surface area contributed by atoms with Crippen LogP contribution in [0.5, 0.6) is 11.5 Å². The molecule has 152 valence electrons. The van der Waals surface area contributed by atoms with E-state index in [0.29, 0.717) is 17.7 Å². The van der Waals surface area contributed by atoms with Gasteiger partial charge in [-0.25, -0.2) is 4.39 Å². The van der Waals surface area contributed by atoms with E-state index >= 15 is 0 Å². The van der Waals surface area contributed by atoms with Crippen LogP contribution in [0.3, 0.4) is 0 Å². The maximum Gasteiger partial charge on any atom is 0.322 e. The second kappa shape index (κ2) is 9.06. The molecule has 1 aliphatic rings. The maximum atomic E-state index is 14.3. The molecular weight excluding hydrogens is 399 g/mol. The van der Waals surface area contributed by atoms with Gasteiger partial charge >= 0.3 is 5.97 Å². The number of carbonyl (C=O) groups is 3. The van der Waals surface area contributed by atoms with Crippen LogP contribution in [0.15, 0.2) is 42.5 Å². The van der Waals surface area contributed by atoms with Crippen molar-refractivity contribution in [2.45, 2.75) is 24.1 Å². The summed E-state index contributed by atoms with van der Waals surface area (Å²) >= 11 is 0.968. The van der Waals surface area contributed by atoms with Gasteiger partial charge in [0, 0.05) is 0 Å². The van der Waals surface area contributed by atoms with Gasteiger partial charge in [0.25, 0.3) is 5.24 Å². The SMILES string of the molecule is COC(=O)C(N)Cc1ccc(Oc2ccc(CC3SC(=O)NC3=O)cc2)c(F)c1. The van der Waals surface area contributed by atoms with Crippen molar-refractivity contribution >= 4 is 28.9 Å². The van der Waals surface area contributed by atoms with E-state index in [-0.39, 0.29) is 23.3 Å². The zero-order valence-corrected chi connectivity index (χ0v) is 16.3. The molecule has 2 aromatic rings. The van der Waals surface area contributed by atoms with Gasteiger partial charge < -0.3 is 15.2 Å². The molecule has 0 aromatic heterocycles. The third-order valence-corrected chi connectivity index (χ3v) is 5.28. The van der Waals surface area contributed by atoms with Gasteiger partial charge in [-0.3, -0.25) is 19.7 Å². The van der Waals surface area contributed by atoms with Gasteiger partial charge in [-0.1, -0.05) is 30.0 Å². The molecule has 0 bridgehead atoms. The number of hydrogen-bond acceptors (Lipinski definition) is 7. The molecule has 1 saturated heterocycles. The smallest absolute Gasteiger partial charge is 0.322 e. The van der Waals surface area contributed by atoms with E-state index in [1.165, 1.54) is 19.2 Å². The van der Waals surface area contributed by atoms with Crippen LogP contribution in [0.2, 0.25) is 0 Å². The molecule has 0 saturated carbocycles. The molecule has 7 nitrogen and oxygen atoms in total. The molecule has 2 amide bonds. The van der Waals surface area contributed by atoms with Crippen molar-refractivity contribution < 1.29 is 28.2 Å². The summed E-state index contributed by atoms with van der Waals surface area (Å²) in [5.74, 6) is -0.991. The third kappa shape index (κ3) is 5.33. The van der Waals surface area contributed by atoms with Crippen LogP contribution in [0.4, 0.5) is 9.18 Å². The number of methoxy groups -OCH3 is 1. The fourth-order valence-corrected chi connectivity index (χ4v) is 3.66. The number of amides is 2. The lowest BCUT2D eigenvalue weighted by molar-refractivity contribution is -0.142. The Hall–Kier alpha value is -2.91. The van der Waals surface area contributed by atoms with Crippen molar-refractivity contribution in [1.29, 1.82) is 0 Å². The van der Waals surface area contributed by atoms with Crippen LogP contribution in [0, 0.1) is 5.82 Å². The van der Waals surface area contributed by atoms with Crippen LogP contribution >= 0.6 is 11.8 Å². The number of halogens is 1. The first kappa shape index (κ1) is 20.8. The first-order valence-corrected chi connectivity index (χ1v) is 9.64. The minimum absolute atomic E-state index is 0.0319. The third-order valence-electron chi connectivity index (χ3n) is 4.30. The molecule has 2 atom stereocenters. The summed E-state index contributed by atoms with van der Waals surface area (Å²) in [6.07, 6.45) is 0.555. The molecule has 1 heterocycles. The van der Waals surface area contributed by atoms with Gasteiger partial charge in [-0.05, 0) is 48.2 Å². The molecule has 9 heteroatoms. The fourth-order valence-electron chi connectivity index (χ4n) is 2.80. The number of ether oxygens (including phenoxy) is 2. The molecule has 1 aliphatic heterocycles. The molecular formula is C20H19FN2O5S. The van der Waals surface area contributed by atoms with Gasteiger partial charge in [0.1, 0.15) is 11.8 Å². The zero-order chi connectivity index (χ0) is 21.0. The second-order valence-corrected chi connectivity index (χ2v) is 7.61. The van der Waals surface area contributed by atoms with Crippen LogP contribution in [-0.2, 0) is 27.2 Å². The molecule has 3 N–H and O–H groups in total. The summed E-state index contributed by atoms with van der Waals surface area (Å²) in [5, 5.41) is 1.46. The number of rotatable bonds is 7. The number of imide groups is 1. The van der Waals surface area contributed by atoms with E-state index in [1.54, 1.807) is 30.3 Å². The van der Waals surface area contributed by atoms with E-state index in [9.17, 15) is 18.8 Å². The summed E-state index contributed by atoms with van der Waals surface area (Å²) in [6.45, 7) is 0. The predicted molar refractivity (Wildman–Crippen MR) is 105 cm³/mol. The van der Waals surface area contributed by atoms with Crippen LogP contribution in [0.25, 0.3) is 0 Å². The number of nitrogens with one attached hydrogen (secondary N) is 1. The van der Waals surface area contributed by atoms with Crippen molar-refractivity contribution in [2.75, 3.05) is 7.11 Å². The molecule has 29 heavy (non-hydrogen) atoms. The van der Waals surface area contributed by atoms with E-state index in [2.05, 4.69) is 10.1 Å². The summed E-state index contributed by atoms with van der Waals surface area (Å²) in [6, 6.07) is 10.3. The van der Waals surface area contributed by atoms with Crippen LogP contribution in [-0.4, -0.2) is 35.5 Å². The Bertz CT molecular complexity index is 935. The monoisotopic (exact) mass is 418 g/mol. The normalized spacial score (nSPS) is 17.0. The van der Waals surface area contributed by atoms with Gasteiger partial charge in [0.05, 0.1) is 12.4 Å². The second-order valence-electron chi connectivity index (χ2n) is 6.43. The van der Waals surface area contributed by atoms with Crippen molar-refractivity contribution in [3.63, 3.8) is 0 Å². The Kier molecular flexibility index (Phi) is 6.50. The van der Waals surface area contributed by atoms with Crippen LogP contribution < -0.4 is 15.8 Å². The average molecular weight is 418 g/mol. The minimum atomic E-state index is -0.867. The summed E-state index contributed by atoms with van der Waals surface area (Å²) in [5.41, 5.74) is 7.09. The van der Waals surface area contributed by atoms with E-state index in [4.69, 9.17) is 10.5 Å².